The van der Waals surface area contributed by atoms with Crippen LogP contribution >= 0.6 is 0 Å². The standard InChI is InChI=1S/C30H52O2/c1-19(2)9-8-10-20(3)24-13-14-26-23-11-12-25-21(4)28(32-22(5)31)16-18-30(25,7)27(23)15-17-29(24,26)6/h19-21,23-28H,8-18H2,1-7H3/t20-,21?,23+,24-,25?,26+,27+,28?,29-,30+/m1/s1. The van der Waals surface area contributed by atoms with Gasteiger partial charge in [-0.3, -0.25) is 4.79 Å². The van der Waals surface area contributed by atoms with Crippen molar-refractivity contribution in [3.63, 3.8) is 0 Å². The van der Waals surface area contributed by atoms with Gasteiger partial charge in [-0.05, 0) is 110 Å². The molecule has 0 N–H and O–H groups in total. The molecule has 0 amide bonds. The Bertz CT molecular complexity index is 670. The van der Waals surface area contributed by atoms with E-state index in [4.69, 9.17) is 4.74 Å². The molecule has 0 aromatic rings. The Labute approximate surface area is 199 Å². The largest absolute Gasteiger partial charge is 0.462 e. The van der Waals surface area contributed by atoms with Crippen LogP contribution in [0.15, 0.2) is 0 Å². The van der Waals surface area contributed by atoms with E-state index in [0.717, 1.165) is 47.8 Å². The fraction of sp³-hybridized carbons (Fsp3) is 0.967. The quantitative estimate of drug-likeness (QED) is 0.385. The van der Waals surface area contributed by atoms with Crippen molar-refractivity contribution in [3.8, 4) is 0 Å². The summed E-state index contributed by atoms with van der Waals surface area (Å²) < 4.78 is 5.77. The second kappa shape index (κ2) is 9.26. The number of ether oxygens (including phenoxy) is 1. The van der Waals surface area contributed by atoms with Gasteiger partial charge < -0.3 is 4.74 Å². The second-order valence-electron chi connectivity index (χ2n) is 13.6. The first-order valence-corrected chi connectivity index (χ1v) is 14.2. The summed E-state index contributed by atoms with van der Waals surface area (Å²) in [4.78, 5) is 11.6. The van der Waals surface area contributed by atoms with Gasteiger partial charge in [-0.15, -0.1) is 0 Å². The first-order chi connectivity index (χ1) is 15.1. The molecule has 4 aliphatic carbocycles. The van der Waals surface area contributed by atoms with E-state index in [-0.39, 0.29) is 12.1 Å². The molecule has 32 heavy (non-hydrogen) atoms. The molecule has 0 aromatic heterocycles. The van der Waals surface area contributed by atoms with Gasteiger partial charge in [0.1, 0.15) is 6.10 Å². The Morgan fingerprint density at radius 1 is 0.875 bits per heavy atom. The van der Waals surface area contributed by atoms with E-state index in [1.54, 1.807) is 6.92 Å². The zero-order chi connectivity index (χ0) is 23.3. The smallest absolute Gasteiger partial charge is 0.302 e. The molecule has 0 radical (unpaired) electrons. The molecule has 4 aliphatic rings. The highest BCUT2D eigenvalue weighted by Crippen LogP contribution is 2.69. The molecule has 10 atom stereocenters. The number of carbonyl (C=O) groups is 1. The Balaban J connectivity index is 1.46. The van der Waals surface area contributed by atoms with Gasteiger partial charge in [-0.2, -0.15) is 0 Å². The van der Waals surface area contributed by atoms with Crippen LogP contribution < -0.4 is 0 Å². The van der Waals surface area contributed by atoms with Crippen LogP contribution in [0.5, 0.6) is 0 Å². The Hall–Kier alpha value is -0.530. The maximum absolute atomic E-state index is 11.6. The molecular weight excluding hydrogens is 392 g/mol. The summed E-state index contributed by atoms with van der Waals surface area (Å²) in [7, 11) is 0. The summed E-state index contributed by atoms with van der Waals surface area (Å²) in [5.41, 5.74) is 1.05. The molecule has 0 aliphatic heterocycles. The van der Waals surface area contributed by atoms with Crippen molar-refractivity contribution in [2.24, 2.45) is 58.2 Å². The second-order valence-corrected chi connectivity index (χ2v) is 13.6. The highest BCUT2D eigenvalue weighted by Gasteiger charge is 2.61. The van der Waals surface area contributed by atoms with E-state index in [2.05, 4.69) is 41.5 Å². The summed E-state index contributed by atoms with van der Waals surface area (Å²) in [6.07, 6.45) is 15.4. The number of hydrogen-bond acceptors (Lipinski definition) is 2. The molecular formula is C30H52O2. The fourth-order valence-electron chi connectivity index (χ4n) is 10.1. The third-order valence-corrected chi connectivity index (χ3v) is 11.6. The molecule has 4 saturated carbocycles. The van der Waals surface area contributed by atoms with Gasteiger partial charge in [0, 0.05) is 6.92 Å². The molecule has 0 aromatic carbocycles. The SMILES string of the molecule is CC(=O)OC1CC[C@@]2(C)C(CC[C@H]3[C@@H]4CC[C@H]([C@H](C)CCCC(C)C)[C@@]4(C)CC[C@@H]32)C1C. The Morgan fingerprint density at radius 3 is 2.22 bits per heavy atom. The van der Waals surface area contributed by atoms with E-state index in [1.807, 2.05) is 0 Å². The first kappa shape index (κ1) is 24.6. The third kappa shape index (κ3) is 4.19. The monoisotopic (exact) mass is 444 g/mol. The van der Waals surface area contributed by atoms with E-state index < -0.39 is 0 Å². The average molecular weight is 445 g/mol. The highest BCUT2D eigenvalue weighted by molar-refractivity contribution is 5.66. The molecule has 0 saturated heterocycles. The molecule has 0 heterocycles. The van der Waals surface area contributed by atoms with E-state index in [0.29, 0.717) is 16.7 Å². The minimum Gasteiger partial charge on any atom is -0.462 e. The molecule has 3 unspecified atom stereocenters. The summed E-state index contributed by atoms with van der Waals surface area (Å²) in [6.45, 7) is 16.6. The van der Waals surface area contributed by atoms with Crippen LogP contribution in [0.25, 0.3) is 0 Å². The van der Waals surface area contributed by atoms with Gasteiger partial charge in [-0.25, -0.2) is 0 Å². The minimum atomic E-state index is -0.0907. The van der Waals surface area contributed by atoms with Gasteiger partial charge >= 0.3 is 5.97 Å². The van der Waals surface area contributed by atoms with Gasteiger partial charge in [0.2, 0.25) is 0 Å². The lowest BCUT2D eigenvalue weighted by Crippen LogP contribution is -2.56. The fourth-order valence-corrected chi connectivity index (χ4v) is 10.1. The van der Waals surface area contributed by atoms with Crippen molar-refractivity contribution in [3.05, 3.63) is 0 Å². The Kier molecular flexibility index (Phi) is 7.11. The van der Waals surface area contributed by atoms with Crippen molar-refractivity contribution in [1.82, 2.24) is 0 Å². The predicted octanol–water partition coefficient (Wildman–Crippen LogP) is 8.29. The van der Waals surface area contributed by atoms with E-state index in [9.17, 15) is 4.79 Å². The lowest BCUT2D eigenvalue weighted by atomic mass is 9.43. The van der Waals surface area contributed by atoms with Crippen molar-refractivity contribution in [2.45, 2.75) is 125 Å². The van der Waals surface area contributed by atoms with E-state index in [1.165, 1.54) is 64.2 Å². The molecule has 0 bridgehead atoms. The van der Waals surface area contributed by atoms with Crippen LogP contribution in [0, 0.1) is 58.2 Å². The van der Waals surface area contributed by atoms with Gasteiger partial charge in [0.25, 0.3) is 0 Å². The normalized spacial score (nSPS) is 46.8. The number of fused-ring (bicyclic) bond motifs is 5. The number of esters is 1. The summed E-state index contributed by atoms with van der Waals surface area (Å²) in [5, 5.41) is 0. The van der Waals surface area contributed by atoms with Crippen LogP contribution in [0.4, 0.5) is 0 Å². The summed E-state index contributed by atoms with van der Waals surface area (Å²) >= 11 is 0. The van der Waals surface area contributed by atoms with Crippen molar-refractivity contribution >= 4 is 5.97 Å². The predicted molar refractivity (Wildman–Crippen MR) is 133 cm³/mol. The van der Waals surface area contributed by atoms with Crippen LogP contribution in [-0.2, 0) is 9.53 Å². The number of carbonyl (C=O) groups excluding carboxylic acids is 1. The Morgan fingerprint density at radius 2 is 1.53 bits per heavy atom. The molecule has 0 spiro atoms. The zero-order valence-corrected chi connectivity index (χ0v) is 22.3. The van der Waals surface area contributed by atoms with E-state index >= 15 is 0 Å². The number of hydrogen-bond donors (Lipinski definition) is 0. The lowest BCUT2D eigenvalue weighted by Gasteiger charge is -2.62. The molecule has 4 rings (SSSR count). The summed E-state index contributed by atoms with van der Waals surface area (Å²) in [6, 6.07) is 0. The highest BCUT2D eigenvalue weighted by atomic mass is 16.5. The average Bonchev–Trinajstić information content (AvgIpc) is 3.07. The van der Waals surface area contributed by atoms with Gasteiger partial charge in [0.05, 0.1) is 0 Å². The molecule has 2 nitrogen and oxygen atoms in total. The van der Waals surface area contributed by atoms with Gasteiger partial charge in [0.15, 0.2) is 0 Å². The topological polar surface area (TPSA) is 26.3 Å². The first-order valence-electron chi connectivity index (χ1n) is 14.2. The van der Waals surface area contributed by atoms with Crippen LogP contribution in [0.1, 0.15) is 119 Å². The lowest BCUT2D eigenvalue weighted by molar-refractivity contribution is -0.173. The van der Waals surface area contributed by atoms with Gasteiger partial charge in [-0.1, -0.05) is 60.8 Å². The van der Waals surface area contributed by atoms with Crippen molar-refractivity contribution < 1.29 is 9.53 Å². The molecule has 184 valence electrons. The van der Waals surface area contributed by atoms with Crippen molar-refractivity contribution in [2.75, 3.05) is 0 Å². The zero-order valence-electron chi connectivity index (χ0n) is 22.3. The molecule has 4 fully saturated rings. The third-order valence-electron chi connectivity index (χ3n) is 11.6. The van der Waals surface area contributed by atoms with Crippen LogP contribution in [-0.4, -0.2) is 12.1 Å². The minimum absolute atomic E-state index is 0.0907. The van der Waals surface area contributed by atoms with Crippen LogP contribution in [0.2, 0.25) is 0 Å². The maximum Gasteiger partial charge on any atom is 0.302 e. The summed E-state index contributed by atoms with van der Waals surface area (Å²) in [5.74, 6) is 6.65. The van der Waals surface area contributed by atoms with Crippen LogP contribution in [0.3, 0.4) is 0 Å². The molecule has 2 heteroatoms. The number of rotatable bonds is 6. The van der Waals surface area contributed by atoms with Crippen molar-refractivity contribution in [1.29, 1.82) is 0 Å². The maximum atomic E-state index is 11.6.